The van der Waals surface area contributed by atoms with Crippen LogP contribution in [0.3, 0.4) is 0 Å². The third kappa shape index (κ3) is 74400. The minimum absolute atomic E-state index is 0. The summed E-state index contributed by atoms with van der Waals surface area (Å²) in [5.74, 6) is 0. The third-order valence-electron chi connectivity index (χ3n) is 0. The summed E-state index contributed by atoms with van der Waals surface area (Å²) >= 11 is 0. The van der Waals surface area contributed by atoms with Crippen molar-refractivity contribution in [2.75, 3.05) is 25.0 Å². The van der Waals surface area contributed by atoms with Crippen molar-refractivity contribution in [3.05, 3.63) is 0 Å². The molecule has 0 aromatic rings. The molecule has 12 nitrogen and oxygen atoms in total. The SMILES string of the molecule is CS(=O)(=O)[O-].CS(=O)(=O)[O-].CS(=O)(=O)[O-].CS(=O)(=O)[O-].[Re]. The molecule has 0 heterocycles. The molecule has 0 aliphatic carbocycles. The van der Waals surface area contributed by atoms with E-state index in [2.05, 4.69) is 0 Å². The van der Waals surface area contributed by atoms with Crippen molar-refractivity contribution < 1.29 is 72.3 Å². The Morgan fingerprint density at radius 2 is 0.429 bits per heavy atom. The molecule has 1 radical (unpaired) electrons. The summed E-state index contributed by atoms with van der Waals surface area (Å²) in [5, 5.41) is 0. The van der Waals surface area contributed by atoms with Gasteiger partial charge < -0.3 is 18.2 Å². The molecule has 17 heteroatoms. The largest absolute Gasteiger partial charge is 0.748 e. The molecule has 0 saturated carbocycles. The third-order valence-corrected chi connectivity index (χ3v) is 0. The van der Waals surface area contributed by atoms with Crippen LogP contribution < -0.4 is 0 Å². The fourth-order valence-corrected chi connectivity index (χ4v) is 0. The van der Waals surface area contributed by atoms with E-state index >= 15 is 0 Å². The molecule has 0 bridgehead atoms. The van der Waals surface area contributed by atoms with Crippen LogP contribution in [0.2, 0.25) is 0 Å². The Hall–Kier alpha value is 0.302. The van der Waals surface area contributed by atoms with E-state index in [-0.39, 0.29) is 20.4 Å². The first-order valence-corrected chi connectivity index (χ1v) is 10.9. The van der Waals surface area contributed by atoms with Gasteiger partial charge in [-0.05, 0) is 0 Å². The van der Waals surface area contributed by atoms with Crippen molar-refractivity contribution in [2.45, 2.75) is 0 Å². The normalized spacial score (nSPS) is 11.0. The number of rotatable bonds is 0. The Morgan fingerprint density at radius 3 is 0.429 bits per heavy atom. The molecule has 0 amide bonds. The van der Waals surface area contributed by atoms with Gasteiger partial charge in [-0.3, -0.25) is 0 Å². The van der Waals surface area contributed by atoms with E-state index in [4.69, 9.17) is 51.9 Å². The quantitative estimate of drug-likeness (QED) is 0.262. The van der Waals surface area contributed by atoms with Crippen LogP contribution >= 0.6 is 0 Å². The molecule has 0 aliphatic heterocycles. The smallest absolute Gasteiger partial charge is 0.0916 e. The van der Waals surface area contributed by atoms with Gasteiger partial charge in [0.1, 0.15) is 0 Å². The van der Waals surface area contributed by atoms with Crippen LogP contribution in [-0.2, 0) is 60.9 Å². The van der Waals surface area contributed by atoms with Gasteiger partial charge in [0.15, 0.2) is 0 Å². The fraction of sp³-hybridized carbons (Fsp3) is 1.00. The summed E-state index contributed by atoms with van der Waals surface area (Å²) in [5.41, 5.74) is 0. The Morgan fingerprint density at radius 1 is 0.429 bits per heavy atom. The van der Waals surface area contributed by atoms with Crippen LogP contribution in [0.4, 0.5) is 0 Å². The number of hydrogen-bond donors (Lipinski definition) is 0. The van der Waals surface area contributed by atoms with Gasteiger partial charge in [0.25, 0.3) is 0 Å². The Labute approximate surface area is 137 Å². The van der Waals surface area contributed by atoms with Crippen LogP contribution in [0, 0.1) is 0 Å². The predicted octanol–water partition coefficient (Wildman–Crippen LogP) is -3.36. The minimum atomic E-state index is -3.92. The van der Waals surface area contributed by atoms with Gasteiger partial charge in [0.2, 0.25) is 0 Å². The van der Waals surface area contributed by atoms with Gasteiger partial charge in [0, 0.05) is 45.4 Å². The van der Waals surface area contributed by atoms with Crippen LogP contribution in [-0.4, -0.2) is 76.9 Å². The minimum Gasteiger partial charge on any atom is -0.748 e. The zero-order chi connectivity index (χ0) is 18.0. The van der Waals surface area contributed by atoms with Gasteiger partial charge in [-0.1, -0.05) is 0 Å². The second-order valence-electron chi connectivity index (χ2n) is 2.82. The van der Waals surface area contributed by atoms with Crippen molar-refractivity contribution >= 4 is 40.5 Å². The van der Waals surface area contributed by atoms with Crippen LogP contribution in [0.25, 0.3) is 0 Å². The molecule has 0 aromatic carbocycles. The summed E-state index contributed by atoms with van der Waals surface area (Å²) in [6.07, 6.45) is 2.42. The van der Waals surface area contributed by atoms with E-state index in [0.29, 0.717) is 25.0 Å². The first-order valence-electron chi connectivity index (χ1n) is 3.63. The molecule has 0 aromatic heterocycles. The van der Waals surface area contributed by atoms with Gasteiger partial charge in [-0.15, -0.1) is 0 Å². The average molecular weight is 567 g/mol. The molecule has 0 atom stereocenters. The summed E-state index contributed by atoms with van der Waals surface area (Å²) in [4.78, 5) is 0. The van der Waals surface area contributed by atoms with E-state index in [1.807, 2.05) is 0 Å². The monoisotopic (exact) mass is 567 g/mol. The van der Waals surface area contributed by atoms with E-state index in [1.165, 1.54) is 0 Å². The van der Waals surface area contributed by atoms with Crippen molar-refractivity contribution in [2.24, 2.45) is 0 Å². The topological polar surface area (TPSA) is 229 Å². The maximum Gasteiger partial charge on any atom is 0.0916 e. The summed E-state index contributed by atoms with van der Waals surface area (Å²) in [6.45, 7) is 0. The molecular weight excluding hydrogens is 555 g/mol. The molecule has 0 rings (SSSR count). The molecule has 135 valence electrons. The summed E-state index contributed by atoms with van der Waals surface area (Å²) < 4.78 is 109. The molecule has 0 saturated heterocycles. The molecule has 0 aliphatic rings. The predicted molar refractivity (Wildman–Crippen MR) is 62.5 cm³/mol. The van der Waals surface area contributed by atoms with Gasteiger partial charge >= 0.3 is 0 Å². The van der Waals surface area contributed by atoms with Crippen LogP contribution in [0.1, 0.15) is 0 Å². The average Bonchev–Trinajstić information content (AvgIpc) is 1.62. The fourth-order valence-electron chi connectivity index (χ4n) is 0. The summed E-state index contributed by atoms with van der Waals surface area (Å²) in [6, 6.07) is 0. The van der Waals surface area contributed by atoms with Crippen LogP contribution in [0.15, 0.2) is 0 Å². The maximum absolute atomic E-state index is 9.08. The van der Waals surface area contributed by atoms with Crippen molar-refractivity contribution in [3.8, 4) is 0 Å². The molecule has 0 fully saturated rings. The van der Waals surface area contributed by atoms with Gasteiger partial charge in [0.05, 0.1) is 40.5 Å². The zero-order valence-electron chi connectivity index (χ0n) is 10.9. The van der Waals surface area contributed by atoms with E-state index in [9.17, 15) is 0 Å². The van der Waals surface area contributed by atoms with Gasteiger partial charge in [-0.25, -0.2) is 33.7 Å². The number of hydrogen-bond acceptors (Lipinski definition) is 12. The maximum atomic E-state index is 9.08. The standard InChI is InChI=1S/4CH4O3S.Re/c4*1-5(2,3)4;/h4*1H3,(H,2,3,4);/p-4. The molecule has 0 N–H and O–H groups in total. The first-order chi connectivity index (χ1) is 8.00. The van der Waals surface area contributed by atoms with Crippen molar-refractivity contribution in [1.29, 1.82) is 0 Å². The van der Waals surface area contributed by atoms with Crippen molar-refractivity contribution in [3.63, 3.8) is 0 Å². The van der Waals surface area contributed by atoms with Gasteiger partial charge in [-0.2, -0.15) is 0 Å². The second kappa shape index (κ2) is 12.8. The van der Waals surface area contributed by atoms with Crippen LogP contribution in [0.5, 0.6) is 0 Å². The van der Waals surface area contributed by atoms with E-state index < -0.39 is 40.5 Å². The Kier molecular flexibility index (Phi) is 20.1. The molecular formula is C4H12O12ReS4-4. The Bertz CT molecular complexity index is 486. The van der Waals surface area contributed by atoms with E-state index in [0.717, 1.165) is 0 Å². The molecule has 0 unspecified atom stereocenters. The Balaban J connectivity index is -0.0000000533. The summed E-state index contributed by atoms with van der Waals surface area (Å²) in [7, 11) is -15.7. The first kappa shape index (κ1) is 33.0. The second-order valence-corrected chi connectivity index (χ2v) is 8.45. The van der Waals surface area contributed by atoms with Crippen molar-refractivity contribution in [1.82, 2.24) is 0 Å². The molecule has 21 heavy (non-hydrogen) atoms. The molecule has 0 spiro atoms. The zero-order valence-corrected chi connectivity index (χ0v) is 16.9. The van der Waals surface area contributed by atoms with E-state index in [1.54, 1.807) is 0 Å².